The number of carbonyl (C=O) groups excluding carboxylic acids is 4. The molecule has 0 saturated carbocycles. The van der Waals surface area contributed by atoms with Gasteiger partial charge >= 0.3 is 5.97 Å². The Morgan fingerprint density at radius 1 is 1.20 bits per heavy atom. The number of cyclic esters (lactones) is 1. The molecule has 0 spiro atoms. The fourth-order valence-electron chi connectivity index (χ4n) is 5.07. The molecule has 0 bridgehead atoms. The van der Waals surface area contributed by atoms with Gasteiger partial charge in [0.05, 0.1) is 13.0 Å². The van der Waals surface area contributed by atoms with Gasteiger partial charge in [0, 0.05) is 39.3 Å². The molecule has 2 aromatic carbocycles. The Morgan fingerprint density at radius 2 is 1.90 bits per heavy atom. The molecule has 2 aromatic rings. The number of amides is 3. The summed E-state index contributed by atoms with van der Waals surface area (Å²) in [5, 5.41) is 5.67. The third-order valence-corrected chi connectivity index (χ3v) is 7.12. The number of nitrogens with one attached hydrogen (secondary N) is 2. The summed E-state index contributed by atoms with van der Waals surface area (Å²) in [6.07, 6.45) is -0.502. The van der Waals surface area contributed by atoms with E-state index in [0.29, 0.717) is 18.5 Å². The molecule has 9 nitrogen and oxygen atoms in total. The first kappa shape index (κ1) is 31.9. The van der Waals surface area contributed by atoms with Crippen LogP contribution in [0.3, 0.4) is 0 Å². The molecule has 4 atom stereocenters. The average molecular weight is 624 g/mol. The van der Waals surface area contributed by atoms with Gasteiger partial charge in [0.15, 0.2) is 0 Å². The number of benzene rings is 2. The van der Waals surface area contributed by atoms with Crippen molar-refractivity contribution in [2.75, 3.05) is 6.54 Å². The van der Waals surface area contributed by atoms with Crippen molar-refractivity contribution >= 4 is 23.7 Å². The van der Waals surface area contributed by atoms with Crippen LogP contribution in [0.5, 0.6) is 0 Å². The van der Waals surface area contributed by atoms with Crippen molar-refractivity contribution < 1.29 is 61.4 Å². The molecule has 10 heteroatoms. The minimum Gasteiger partial charge on any atom is -0.433 e. The average Bonchev–Trinajstić information content (AvgIpc) is 3.41. The third kappa shape index (κ3) is 7.77. The van der Waals surface area contributed by atoms with Gasteiger partial charge in [-0.05, 0) is 24.3 Å². The number of esters is 1. The third-order valence-electron chi connectivity index (χ3n) is 7.12. The van der Waals surface area contributed by atoms with Gasteiger partial charge in [-0.2, -0.15) is 23.8 Å². The summed E-state index contributed by atoms with van der Waals surface area (Å²) in [6, 6.07) is 13.7. The Kier molecular flexibility index (Phi) is 10.7. The summed E-state index contributed by atoms with van der Waals surface area (Å²) in [6.45, 7) is 9.84. The monoisotopic (exact) mass is 623 g/mol. The molecular weight excluding hydrogens is 587 g/mol. The van der Waals surface area contributed by atoms with E-state index < -0.39 is 30.4 Å². The van der Waals surface area contributed by atoms with Crippen LogP contribution in [-0.4, -0.2) is 59.6 Å². The summed E-state index contributed by atoms with van der Waals surface area (Å²) in [7, 11) is 0. The van der Waals surface area contributed by atoms with Crippen LogP contribution in [0.15, 0.2) is 42.5 Å². The van der Waals surface area contributed by atoms with E-state index >= 15 is 0 Å². The van der Waals surface area contributed by atoms with E-state index in [1.807, 2.05) is 58.0 Å². The Morgan fingerprint density at radius 3 is 2.60 bits per heavy atom. The van der Waals surface area contributed by atoms with Crippen LogP contribution in [0.25, 0.3) is 0 Å². The van der Waals surface area contributed by atoms with Gasteiger partial charge in [0.1, 0.15) is 18.1 Å². The molecule has 2 aliphatic rings. The Hall–Kier alpha value is -2.62. The number of hydrogen-bond donors (Lipinski definition) is 2. The first-order valence-corrected chi connectivity index (χ1v) is 13.2. The second-order valence-electron chi connectivity index (χ2n) is 11.2. The molecule has 1 radical (unpaired) electrons. The van der Waals surface area contributed by atoms with Crippen LogP contribution in [0, 0.1) is 25.3 Å². The summed E-state index contributed by atoms with van der Waals surface area (Å²) in [5.74, 6) is -1.54. The Balaban J connectivity index is 0.00000441. The maximum Gasteiger partial charge on any atom is 0.310 e. The van der Waals surface area contributed by atoms with Gasteiger partial charge in [0.2, 0.25) is 24.0 Å². The van der Waals surface area contributed by atoms with Crippen LogP contribution < -0.4 is 10.6 Å². The predicted molar refractivity (Wildman–Crippen MR) is 143 cm³/mol. The van der Waals surface area contributed by atoms with Crippen LogP contribution in [0.4, 0.5) is 0 Å². The minimum atomic E-state index is -0.923. The summed E-state index contributed by atoms with van der Waals surface area (Å²) in [4.78, 5) is 53.4. The van der Waals surface area contributed by atoms with E-state index in [-0.39, 0.29) is 68.9 Å². The zero-order valence-electron chi connectivity index (χ0n) is 23.7. The van der Waals surface area contributed by atoms with Gasteiger partial charge < -0.3 is 25.0 Å². The van der Waals surface area contributed by atoms with E-state index in [9.17, 15) is 19.2 Å². The van der Waals surface area contributed by atoms with Crippen molar-refractivity contribution in [3.63, 3.8) is 0 Å². The largest absolute Gasteiger partial charge is 0.433 e. The van der Waals surface area contributed by atoms with Crippen molar-refractivity contribution in [3.8, 4) is 0 Å². The van der Waals surface area contributed by atoms with Crippen LogP contribution in [0.2, 0.25) is 0 Å². The zero-order valence-corrected chi connectivity index (χ0v) is 26.5. The van der Waals surface area contributed by atoms with Crippen molar-refractivity contribution in [1.82, 2.24) is 15.5 Å². The predicted octanol–water partition coefficient (Wildman–Crippen LogP) is 2.82. The number of carbonyl (C=O) groups is 4. The first-order valence-electron chi connectivity index (χ1n) is 13.2. The molecule has 40 heavy (non-hydrogen) atoms. The molecule has 2 unspecified atom stereocenters. The molecule has 2 heterocycles. The summed E-state index contributed by atoms with van der Waals surface area (Å²) >= 11 is 0. The number of likely N-dealkylation sites (tertiary alicyclic amines) is 1. The maximum atomic E-state index is 13.5. The smallest absolute Gasteiger partial charge is 0.310 e. The van der Waals surface area contributed by atoms with Gasteiger partial charge in [-0.3, -0.25) is 19.2 Å². The normalized spacial score (nSPS) is 22.2. The second kappa shape index (κ2) is 13.4. The van der Waals surface area contributed by atoms with Crippen molar-refractivity contribution in [2.24, 2.45) is 5.41 Å². The molecule has 2 saturated heterocycles. The Bertz CT molecular complexity index is 1250. The molecule has 2 fully saturated rings. The van der Waals surface area contributed by atoms with Crippen molar-refractivity contribution in [2.45, 2.75) is 78.5 Å². The van der Waals surface area contributed by atoms with E-state index in [4.69, 9.17) is 9.47 Å². The maximum absolute atomic E-state index is 13.5. The molecule has 211 valence electrons. The molecule has 2 aliphatic heterocycles. The van der Waals surface area contributed by atoms with Crippen molar-refractivity contribution in [3.05, 3.63) is 70.8 Å². The van der Waals surface area contributed by atoms with E-state index in [0.717, 1.165) is 16.7 Å². The second-order valence-corrected chi connectivity index (χ2v) is 11.2. The van der Waals surface area contributed by atoms with Gasteiger partial charge in [-0.15, -0.1) is 5.56 Å². The van der Waals surface area contributed by atoms with Gasteiger partial charge in [-0.25, -0.2) is 0 Å². The van der Waals surface area contributed by atoms with E-state index in [2.05, 4.69) is 16.7 Å². The fourth-order valence-corrected chi connectivity index (χ4v) is 5.07. The van der Waals surface area contributed by atoms with Crippen LogP contribution in [-0.2, 0) is 63.2 Å². The topological polar surface area (TPSA) is 114 Å². The first-order chi connectivity index (χ1) is 18.4. The summed E-state index contributed by atoms with van der Waals surface area (Å²) < 4.78 is 11.1. The van der Waals surface area contributed by atoms with Gasteiger partial charge in [-0.1, -0.05) is 63.6 Å². The van der Waals surface area contributed by atoms with Gasteiger partial charge in [0.25, 0.3) is 0 Å². The molecule has 0 aliphatic carbocycles. The molecule has 4 rings (SSSR count). The van der Waals surface area contributed by atoms with Crippen LogP contribution in [0.1, 0.15) is 60.7 Å². The van der Waals surface area contributed by atoms with E-state index in [1.165, 1.54) is 4.90 Å². The number of aryl methyl sites for hydroxylation is 2. The van der Waals surface area contributed by atoms with E-state index in [1.54, 1.807) is 19.1 Å². The molecule has 2 N–H and O–H groups in total. The van der Waals surface area contributed by atoms with Crippen LogP contribution >= 0.6 is 0 Å². The van der Waals surface area contributed by atoms with Crippen molar-refractivity contribution in [1.29, 1.82) is 0 Å². The molecule has 3 amide bonds. The Labute approximate surface area is 260 Å². The molecule has 0 aromatic heterocycles. The summed E-state index contributed by atoms with van der Waals surface area (Å²) in [5.41, 5.74) is 2.66. The number of ether oxygens (including phenoxy) is 2. The minimum absolute atomic E-state index is 0. The SMILES string of the molecule is Cc1[c-]cc(C)c(C(=O)N[C@@H](C)C(=O)N2CC(C)(C)CC2C(=O)N[C@H]2CC(=O)OC2OCc2ccccc2)c1.[Y]. The number of hydrogen-bond acceptors (Lipinski definition) is 6. The number of nitrogens with zero attached hydrogens (tertiary/aromatic N) is 1. The fraction of sp³-hybridized carbons (Fsp3) is 0.467. The number of rotatable bonds is 8. The quantitative estimate of drug-likeness (QED) is 0.346. The standard InChI is InChI=1S/C30H36N3O6.Y/c1-18-11-12-19(2)22(13-18)26(35)31-20(3)28(37)33-17-30(4,5)15-24(33)27(36)32-23-14-25(34)39-29(23)38-16-21-9-7-6-8-10-21;/h6-10,12-13,20,23-24,29H,14-17H2,1-5H3,(H,31,35)(H,32,36);/q-1;/t20-,23-,24?,29?;/m0./s1. The molecular formula is C30H36N3O6Y-. The zero-order chi connectivity index (χ0) is 28.3.